The Kier molecular flexibility index (Phi) is 7.60. The molecule has 0 bridgehead atoms. The molecule has 1 N–H and O–H groups in total. The lowest BCUT2D eigenvalue weighted by Gasteiger charge is -2.26. The van der Waals surface area contributed by atoms with E-state index in [0.717, 1.165) is 22.1 Å². The molecular weight excluding hydrogens is 418 g/mol. The first kappa shape index (κ1) is 22.4. The SMILES string of the molecule is CC.Cc1ccc(Nc2nc(-c3ccc(S(=O)(=O)N4CCOCC4)cc3)cs2)cc1.[HH]. The molecule has 0 unspecified atom stereocenters. The molecule has 0 saturated carbocycles. The van der Waals surface area contributed by atoms with E-state index in [0.29, 0.717) is 31.2 Å². The van der Waals surface area contributed by atoms with Crippen LogP contribution in [-0.4, -0.2) is 44.0 Å². The van der Waals surface area contributed by atoms with Crippen LogP contribution in [0.2, 0.25) is 0 Å². The van der Waals surface area contributed by atoms with Gasteiger partial charge in [-0.3, -0.25) is 0 Å². The number of benzene rings is 2. The second kappa shape index (κ2) is 10.2. The number of thiazole rings is 1. The maximum Gasteiger partial charge on any atom is 0.243 e. The third kappa shape index (κ3) is 5.26. The second-order valence-corrected chi connectivity index (χ2v) is 9.37. The van der Waals surface area contributed by atoms with E-state index in [1.54, 1.807) is 24.3 Å². The molecule has 1 aliphatic rings. The van der Waals surface area contributed by atoms with Gasteiger partial charge in [-0.25, -0.2) is 13.4 Å². The zero-order chi connectivity index (χ0) is 21.6. The quantitative estimate of drug-likeness (QED) is 0.585. The lowest BCUT2D eigenvalue weighted by atomic mass is 10.2. The number of morpholine rings is 1. The van der Waals surface area contributed by atoms with Crippen molar-refractivity contribution in [3.63, 3.8) is 0 Å². The van der Waals surface area contributed by atoms with E-state index in [9.17, 15) is 8.42 Å². The van der Waals surface area contributed by atoms with Gasteiger partial charge in [0, 0.05) is 31.1 Å². The first-order chi connectivity index (χ1) is 14.5. The maximum atomic E-state index is 12.7. The number of rotatable bonds is 5. The zero-order valence-corrected chi connectivity index (χ0v) is 19.1. The van der Waals surface area contributed by atoms with Gasteiger partial charge in [-0.05, 0) is 31.2 Å². The van der Waals surface area contributed by atoms with E-state index in [1.807, 2.05) is 50.4 Å². The molecule has 0 amide bonds. The number of nitrogens with zero attached hydrogens (tertiary/aromatic N) is 2. The van der Waals surface area contributed by atoms with Gasteiger partial charge >= 0.3 is 0 Å². The van der Waals surface area contributed by atoms with Gasteiger partial charge in [0.25, 0.3) is 0 Å². The number of hydrogen-bond acceptors (Lipinski definition) is 6. The minimum atomic E-state index is -3.48. The molecule has 0 aliphatic carbocycles. The number of aryl methyl sites for hydroxylation is 1. The Morgan fingerprint density at radius 3 is 2.30 bits per heavy atom. The first-order valence-electron chi connectivity index (χ1n) is 10.00. The molecule has 2 aromatic carbocycles. The molecule has 6 nitrogen and oxygen atoms in total. The van der Waals surface area contributed by atoms with Crippen LogP contribution in [0.1, 0.15) is 20.8 Å². The van der Waals surface area contributed by atoms with Crippen LogP contribution in [0.4, 0.5) is 10.8 Å². The van der Waals surface area contributed by atoms with Gasteiger partial charge in [-0.15, -0.1) is 11.3 Å². The molecule has 8 heteroatoms. The van der Waals surface area contributed by atoms with Gasteiger partial charge in [-0.2, -0.15) is 4.31 Å². The first-order valence-corrected chi connectivity index (χ1v) is 12.3. The fourth-order valence-electron chi connectivity index (χ4n) is 2.96. The van der Waals surface area contributed by atoms with Gasteiger partial charge < -0.3 is 10.1 Å². The van der Waals surface area contributed by atoms with Crippen molar-refractivity contribution in [2.45, 2.75) is 25.7 Å². The van der Waals surface area contributed by atoms with E-state index in [4.69, 9.17) is 4.74 Å². The lowest BCUT2D eigenvalue weighted by molar-refractivity contribution is 0.0730. The summed E-state index contributed by atoms with van der Waals surface area (Å²) in [6, 6.07) is 15.0. The zero-order valence-electron chi connectivity index (χ0n) is 17.5. The van der Waals surface area contributed by atoms with Gasteiger partial charge in [0.1, 0.15) is 0 Å². The number of ether oxygens (including phenoxy) is 1. The number of anilines is 2. The fraction of sp³-hybridized carbons (Fsp3) is 0.318. The highest BCUT2D eigenvalue weighted by Crippen LogP contribution is 2.28. The van der Waals surface area contributed by atoms with Crippen molar-refractivity contribution in [3.05, 3.63) is 59.5 Å². The third-order valence-corrected chi connectivity index (χ3v) is 7.24. The van der Waals surface area contributed by atoms with Crippen molar-refractivity contribution >= 4 is 32.2 Å². The minimum absolute atomic E-state index is 0. The van der Waals surface area contributed by atoms with Crippen molar-refractivity contribution < 1.29 is 14.6 Å². The van der Waals surface area contributed by atoms with E-state index in [-0.39, 0.29) is 1.43 Å². The second-order valence-electron chi connectivity index (χ2n) is 6.57. The van der Waals surface area contributed by atoms with Gasteiger partial charge in [0.2, 0.25) is 10.0 Å². The monoisotopic (exact) mass is 447 g/mol. The maximum absolute atomic E-state index is 12.7. The molecule has 0 atom stereocenters. The van der Waals surface area contributed by atoms with E-state index >= 15 is 0 Å². The largest absolute Gasteiger partial charge is 0.379 e. The van der Waals surface area contributed by atoms with Crippen LogP contribution in [0, 0.1) is 6.92 Å². The van der Waals surface area contributed by atoms with E-state index in [1.165, 1.54) is 21.2 Å². The van der Waals surface area contributed by atoms with Crippen LogP contribution in [0.3, 0.4) is 0 Å². The Bertz CT molecular complexity index is 1050. The smallest absolute Gasteiger partial charge is 0.243 e. The Hall–Kier alpha value is -2.26. The van der Waals surface area contributed by atoms with Crippen LogP contribution >= 0.6 is 11.3 Å². The molecule has 1 saturated heterocycles. The average molecular weight is 448 g/mol. The standard InChI is InChI=1S/C20H21N3O3S2.C2H6.H2/c1-15-2-6-17(7-3-15)21-20-22-19(14-27-20)16-4-8-18(9-5-16)28(24,25)23-10-12-26-13-11-23;1-2;/h2-9,14H,10-13H2,1H3,(H,21,22);1-2H3;1H. The fourth-order valence-corrected chi connectivity index (χ4v) is 5.11. The summed E-state index contributed by atoms with van der Waals surface area (Å²) in [5.41, 5.74) is 3.89. The molecule has 3 aromatic rings. The van der Waals surface area contributed by atoms with Crippen molar-refractivity contribution in [3.8, 4) is 11.3 Å². The minimum Gasteiger partial charge on any atom is -0.379 e. The van der Waals surface area contributed by atoms with E-state index < -0.39 is 10.0 Å². The topological polar surface area (TPSA) is 71.5 Å². The van der Waals surface area contributed by atoms with Crippen LogP contribution in [0.5, 0.6) is 0 Å². The Balaban J connectivity index is 0.00000111. The predicted octanol–water partition coefficient (Wildman–Crippen LogP) is 5.16. The number of nitrogens with one attached hydrogen (secondary N) is 1. The molecule has 0 spiro atoms. The normalized spacial score (nSPS) is 14.6. The summed E-state index contributed by atoms with van der Waals surface area (Å²) >= 11 is 1.51. The van der Waals surface area contributed by atoms with Crippen molar-refractivity contribution in [1.29, 1.82) is 0 Å². The summed E-state index contributed by atoms with van der Waals surface area (Å²) in [4.78, 5) is 4.91. The van der Waals surface area contributed by atoms with Crippen LogP contribution in [0.15, 0.2) is 58.8 Å². The van der Waals surface area contributed by atoms with Gasteiger partial charge in [0.05, 0.1) is 23.8 Å². The summed E-state index contributed by atoms with van der Waals surface area (Å²) < 4.78 is 32.1. The summed E-state index contributed by atoms with van der Waals surface area (Å²) in [5.74, 6) is 0. The molecule has 2 heterocycles. The van der Waals surface area contributed by atoms with Gasteiger partial charge in [-0.1, -0.05) is 43.7 Å². The molecule has 0 radical (unpaired) electrons. The summed E-state index contributed by atoms with van der Waals surface area (Å²) in [6.07, 6.45) is 0. The third-order valence-electron chi connectivity index (χ3n) is 4.56. The molecule has 4 rings (SSSR count). The summed E-state index contributed by atoms with van der Waals surface area (Å²) in [6.45, 7) is 7.71. The lowest BCUT2D eigenvalue weighted by Crippen LogP contribution is -2.40. The van der Waals surface area contributed by atoms with Crippen molar-refractivity contribution in [1.82, 2.24) is 9.29 Å². The molecular formula is C22H29N3O3S2. The molecule has 162 valence electrons. The average Bonchev–Trinajstić information content (AvgIpc) is 3.26. The number of aromatic nitrogens is 1. The Morgan fingerprint density at radius 2 is 1.67 bits per heavy atom. The van der Waals surface area contributed by atoms with Gasteiger partial charge in [0.15, 0.2) is 5.13 Å². The molecule has 1 aromatic heterocycles. The predicted molar refractivity (Wildman–Crippen MR) is 125 cm³/mol. The molecule has 1 fully saturated rings. The Morgan fingerprint density at radius 1 is 1.03 bits per heavy atom. The highest BCUT2D eigenvalue weighted by molar-refractivity contribution is 7.89. The van der Waals surface area contributed by atoms with Crippen molar-refractivity contribution in [2.75, 3.05) is 31.6 Å². The van der Waals surface area contributed by atoms with Crippen LogP contribution < -0.4 is 5.32 Å². The molecule has 30 heavy (non-hydrogen) atoms. The number of sulfonamides is 1. The highest BCUT2D eigenvalue weighted by Gasteiger charge is 2.26. The van der Waals surface area contributed by atoms with Crippen molar-refractivity contribution in [2.24, 2.45) is 0 Å². The van der Waals surface area contributed by atoms with Crippen LogP contribution in [0.25, 0.3) is 11.3 Å². The molecule has 1 aliphatic heterocycles. The summed E-state index contributed by atoms with van der Waals surface area (Å²) in [7, 11) is -3.48. The number of hydrogen-bond donors (Lipinski definition) is 1. The Labute approximate surface area is 184 Å². The van der Waals surface area contributed by atoms with Crippen LogP contribution in [-0.2, 0) is 14.8 Å². The van der Waals surface area contributed by atoms with E-state index in [2.05, 4.69) is 10.3 Å². The highest BCUT2D eigenvalue weighted by atomic mass is 32.2. The summed E-state index contributed by atoms with van der Waals surface area (Å²) in [5, 5.41) is 6.05.